The summed E-state index contributed by atoms with van der Waals surface area (Å²) in [6.45, 7) is 2.10. The predicted octanol–water partition coefficient (Wildman–Crippen LogP) is 2.38. The first-order valence-electron chi connectivity index (χ1n) is 6.01. The third-order valence-corrected chi connectivity index (χ3v) is 3.16. The van der Waals surface area contributed by atoms with Crippen LogP contribution in [0.5, 0.6) is 5.75 Å². The predicted molar refractivity (Wildman–Crippen MR) is 72.7 cm³/mol. The number of nitrogens with zero attached hydrogens (tertiary/aromatic N) is 2. The summed E-state index contributed by atoms with van der Waals surface area (Å²) in [5.74, 6) is 0.865. The third kappa shape index (κ3) is 2.38. The van der Waals surface area contributed by atoms with Gasteiger partial charge in [-0.3, -0.25) is 4.68 Å². The van der Waals surface area contributed by atoms with Crippen molar-refractivity contribution in [3.8, 4) is 17.0 Å². The van der Waals surface area contributed by atoms with Crippen molar-refractivity contribution in [1.29, 1.82) is 0 Å². The Morgan fingerprint density at radius 1 is 1.28 bits per heavy atom. The minimum Gasteiger partial charge on any atom is -0.497 e. The number of aromatic nitrogens is 2. The summed E-state index contributed by atoms with van der Waals surface area (Å²) in [6.07, 6.45) is 0. The molecular formula is C14H19N3O. The molecule has 0 aliphatic heterocycles. The lowest BCUT2D eigenvalue weighted by atomic mass is 10.1. The highest BCUT2D eigenvalue weighted by Gasteiger charge is 2.11. The van der Waals surface area contributed by atoms with Crippen LogP contribution in [-0.4, -0.2) is 23.9 Å². The zero-order valence-electron chi connectivity index (χ0n) is 11.3. The van der Waals surface area contributed by atoms with Gasteiger partial charge < -0.3 is 10.1 Å². The lowest BCUT2D eigenvalue weighted by Crippen LogP contribution is -2.13. The number of benzene rings is 1. The van der Waals surface area contributed by atoms with E-state index >= 15 is 0 Å². The van der Waals surface area contributed by atoms with Crippen LogP contribution in [-0.2, 0) is 7.05 Å². The van der Waals surface area contributed by atoms with E-state index in [-0.39, 0.29) is 6.04 Å². The van der Waals surface area contributed by atoms with Gasteiger partial charge in [-0.1, -0.05) is 0 Å². The maximum Gasteiger partial charge on any atom is 0.118 e. The Bertz CT molecular complexity index is 516. The molecule has 4 heteroatoms. The van der Waals surface area contributed by atoms with Crippen molar-refractivity contribution in [3.63, 3.8) is 0 Å². The molecule has 2 aromatic rings. The maximum absolute atomic E-state index is 5.16. The molecule has 96 valence electrons. The van der Waals surface area contributed by atoms with Crippen LogP contribution in [0.1, 0.15) is 18.7 Å². The molecule has 0 aliphatic carbocycles. The summed E-state index contributed by atoms with van der Waals surface area (Å²) in [7, 11) is 5.57. The van der Waals surface area contributed by atoms with Crippen molar-refractivity contribution in [2.45, 2.75) is 13.0 Å². The van der Waals surface area contributed by atoms with E-state index in [9.17, 15) is 0 Å². The van der Waals surface area contributed by atoms with E-state index in [4.69, 9.17) is 4.74 Å². The fourth-order valence-corrected chi connectivity index (χ4v) is 1.88. The molecule has 0 saturated carbocycles. The smallest absolute Gasteiger partial charge is 0.118 e. The molecule has 0 aliphatic rings. The van der Waals surface area contributed by atoms with Gasteiger partial charge in [-0.05, 0) is 44.3 Å². The van der Waals surface area contributed by atoms with Crippen molar-refractivity contribution in [2.24, 2.45) is 7.05 Å². The Kier molecular flexibility index (Phi) is 3.67. The molecule has 1 heterocycles. The van der Waals surface area contributed by atoms with Gasteiger partial charge in [-0.15, -0.1) is 0 Å². The van der Waals surface area contributed by atoms with Crippen LogP contribution in [0.15, 0.2) is 30.3 Å². The summed E-state index contributed by atoms with van der Waals surface area (Å²) in [6, 6.07) is 10.4. The molecule has 1 unspecified atom stereocenters. The quantitative estimate of drug-likeness (QED) is 0.899. The van der Waals surface area contributed by atoms with Crippen LogP contribution >= 0.6 is 0 Å². The highest BCUT2D eigenvalue weighted by Crippen LogP contribution is 2.24. The SMILES string of the molecule is CNC(C)c1cc(-c2ccc(OC)cc2)n(C)n1. The van der Waals surface area contributed by atoms with Crippen LogP contribution in [0.25, 0.3) is 11.3 Å². The van der Waals surface area contributed by atoms with Crippen LogP contribution in [0, 0.1) is 0 Å². The minimum atomic E-state index is 0.253. The second kappa shape index (κ2) is 5.23. The molecular weight excluding hydrogens is 226 g/mol. The molecule has 0 bridgehead atoms. The number of hydrogen-bond acceptors (Lipinski definition) is 3. The van der Waals surface area contributed by atoms with Gasteiger partial charge in [0, 0.05) is 18.7 Å². The highest BCUT2D eigenvalue weighted by molar-refractivity contribution is 5.61. The minimum absolute atomic E-state index is 0.253. The molecule has 0 fully saturated rings. The van der Waals surface area contributed by atoms with Crippen LogP contribution in [0.4, 0.5) is 0 Å². The van der Waals surface area contributed by atoms with Gasteiger partial charge in [0.25, 0.3) is 0 Å². The number of rotatable bonds is 4. The van der Waals surface area contributed by atoms with Gasteiger partial charge in [0.2, 0.25) is 0 Å². The van der Waals surface area contributed by atoms with E-state index in [0.717, 1.165) is 22.7 Å². The molecule has 0 spiro atoms. The van der Waals surface area contributed by atoms with Crippen LogP contribution in [0.3, 0.4) is 0 Å². The molecule has 1 aromatic carbocycles. The van der Waals surface area contributed by atoms with E-state index in [1.54, 1.807) is 7.11 Å². The fraction of sp³-hybridized carbons (Fsp3) is 0.357. The molecule has 1 atom stereocenters. The van der Waals surface area contributed by atoms with E-state index in [1.807, 2.05) is 43.0 Å². The first kappa shape index (κ1) is 12.6. The first-order chi connectivity index (χ1) is 8.65. The normalized spacial score (nSPS) is 12.4. The monoisotopic (exact) mass is 245 g/mol. The molecule has 0 saturated heterocycles. The summed E-state index contributed by atoms with van der Waals surface area (Å²) < 4.78 is 7.07. The largest absolute Gasteiger partial charge is 0.497 e. The number of methoxy groups -OCH3 is 1. The molecule has 1 aromatic heterocycles. The highest BCUT2D eigenvalue weighted by atomic mass is 16.5. The maximum atomic E-state index is 5.16. The Balaban J connectivity index is 2.34. The Labute approximate surface area is 108 Å². The molecule has 0 radical (unpaired) electrons. The van der Waals surface area contributed by atoms with E-state index in [2.05, 4.69) is 23.4 Å². The van der Waals surface area contributed by atoms with Gasteiger partial charge in [0.05, 0.1) is 18.5 Å². The average molecular weight is 245 g/mol. The van der Waals surface area contributed by atoms with Gasteiger partial charge in [-0.25, -0.2) is 0 Å². The van der Waals surface area contributed by atoms with Gasteiger partial charge >= 0.3 is 0 Å². The second-order valence-electron chi connectivity index (χ2n) is 4.32. The van der Waals surface area contributed by atoms with Crippen molar-refractivity contribution >= 4 is 0 Å². The molecule has 0 amide bonds. The third-order valence-electron chi connectivity index (χ3n) is 3.16. The summed E-state index contributed by atoms with van der Waals surface area (Å²) in [4.78, 5) is 0. The van der Waals surface area contributed by atoms with Crippen molar-refractivity contribution < 1.29 is 4.74 Å². The van der Waals surface area contributed by atoms with E-state index in [1.165, 1.54) is 0 Å². The van der Waals surface area contributed by atoms with Crippen molar-refractivity contribution in [2.75, 3.05) is 14.2 Å². The van der Waals surface area contributed by atoms with E-state index in [0.29, 0.717) is 0 Å². The van der Waals surface area contributed by atoms with Crippen molar-refractivity contribution in [1.82, 2.24) is 15.1 Å². The van der Waals surface area contributed by atoms with Crippen molar-refractivity contribution in [3.05, 3.63) is 36.0 Å². The van der Waals surface area contributed by atoms with E-state index < -0.39 is 0 Å². The van der Waals surface area contributed by atoms with Crippen LogP contribution < -0.4 is 10.1 Å². The lowest BCUT2D eigenvalue weighted by Gasteiger charge is -2.04. The Hall–Kier alpha value is -1.81. The number of ether oxygens (including phenoxy) is 1. The zero-order chi connectivity index (χ0) is 13.1. The molecule has 2 rings (SSSR count). The number of hydrogen-bond donors (Lipinski definition) is 1. The van der Waals surface area contributed by atoms with Gasteiger partial charge in [-0.2, -0.15) is 5.10 Å². The molecule has 1 N–H and O–H groups in total. The Morgan fingerprint density at radius 3 is 2.50 bits per heavy atom. The second-order valence-corrected chi connectivity index (χ2v) is 4.32. The molecule has 18 heavy (non-hydrogen) atoms. The number of aryl methyl sites for hydroxylation is 1. The average Bonchev–Trinajstić information content (AvgIpc) is 2.80. The standard InChI is InChI=1S/C14H19N3O/c1-10(15-2)13-9-14(17(3)16-13)11-5-7-12(18-4)8-6-11/h5-10,15H,1-4H3. The summed E-state index contributed by atoms with van der Waals surface area (Å²) in [5.41, 5.74) is 3.29. The topological polar surface area (TPSA) is 39.1 Å². The van der Waals surface area contributed by atoms with Gasteiger partial charge in [0.1, 0.15) is 5.75 Å². The Morgan fingerprint density at radius 2 is 1.94 bits per heavy atom. The summed E-state index contributed by atoms with van der Waals surface area (Å²) in [5, 5.41) is 7.72. The van der Waals surface area contributed by atoms with Gasteiger partial charge in [0.15, 0.2) is 0 Å². The fourth-order valence-electron chi connectivity index (χ4n) is 1.88. The van der Waals surface area contributed by atoms with Crippen LogP contribution in [0.2, 0.25) is 0 Å². The first-order valence-corrected chi connectivity index (χ1v) is 6.01. The molecule has 4 nitrogen and oxygen atoms in total. The lowest BCUT2D eigenvalue weighted by molar-refractivity contribution is 0.415. The summed E-state index contributed by atoms with van der Waals surface area (Å²) >= 11 is 0. The zero-order valence-corrected chi connectivity index (χ0v) is 11.3. The number of nitrogens with one attached hydrogen (secondary N) is 1.